The van der Waals surface area contributed by atoms with E-state index in [2.05, 4.69) is 47.6 Å². The van der Waals surface area contributed by atoms with E-state index in [1.165, 1.54) is 0 Å². The van der Waals surface area contributed by atoms with Crippen molar-refractivity contribution in [3.63, 3.8) is 0 Å². The summed E-state index contributed by atoms with van der Waals surface area (Å²) in [6.45, 7) is 16.5. The number of aryl methyl sites for hydroxylation is 2. The molecule has 38 heavy (non-hydrogen) atoms. The van der Waals surface area contributed by atoms with E-state index in [4.69, 9.17) is 24.4 Å². The fraction of sp³-hybridized carbons (Fsp3) is 0.519. The van der Waals surface area contributed by atoms with E-state index in [-0.39, 0.29) is 6.04 Å². The largest absolute Gasteiger partial charge is 0.377 e. The first-order chi connectivity index (χ1) is 18.1. The standard InChI is InChI=1S/C27H38N8O2Si/c1-18-16-36-13-12-35(18)27-30-24(29-25(31-27)23-19(2)32-33(4)20(23)3)21-8-10-28-26-22(21)9-11-34(26)17-37-14-15-38(5,6)7/h8-11,18H,12-17H2,1-7H3/t18-/m1/s1. The highest BCUT2D eigenvalue weighted by Crippen LogP contribution is 2.31. The number of aromatic nitrogens is 7. The summed E-state index contributed by atoms with van der Waals surface area (Å²) in [5.41, 5.74) is 4.62. The third kappa shape index (κ3) is 5.36. The van der Waals surface area contributed by atoms with Gasteiger partial charge in [-0.15, -0.1) is 0 Å². The highest BCUT2D eigenvalue weighted by Gasteiger charge is 2.25. The van der Waals surface area contributed by atoms with Gasteiger partial charge in [0, 0.05) is 57.3 Å². The SMILES string of the molecule is Cc1nn(C)c(C)c1-c1nc(-c2ccnc3c2ccn3COCC[Si](C)(C)C)nc(N2CCOC[C@H]2C)n1. The summed E-state index contributed by atoms with van der Waals surface area (Å²) in [5.74, 6) is 1.91. The number of anilines is 1. The Morgan fingerprint density at radius 1 is 1.11 bits per heavy atom. The highest BCUT2D eigenvalue weighted by molar-refractivity contribution is 6.76. The third-order valence-electron chi connectivity index (χ3n) is 7.11. The van der Waals surface area contributed by atoms with Crippen molar-refractivity contribution in [3.8, 4) is 22.8 Å². The van der Waals surface area contributed by atoms with Crippen LogP contribution in [0.2, 0.25) is 25.7 Å². The molecular formula is C27H38N8O2Si. The molecular weight excluding hydrogens is 496 g/mol. The molecule has 0 aliphatic carbocycles. The lowest BCUT2D eigenvalue weighted by Crippen LogP contribution is -2.44. The second-order valence-corrected chi connectivity index (χ2v) is 16.9. The Balaban J connectivity index is 1.56. The van der Waals surface area contributed by atoms with Crippen LogP contribution in [0.1, 0.15) is 18.3 Å². The molecule has 11 heteroatoms. The van der Waals surface area contributed by atoms with Gasteiger partial charge in [-0.2, -0.15) is 15.1 Å². The summed E-state index contributed by atoms with van der Waals surface area (Å²) in [5, 5.41) is 5.59. The first kappa shape index (κ1) is 26.5. The second-order valence-electron chi connectivity index (χ2n) is 11.3. The summed E-state index contributed by atoms with van der Waals surface area (Å²) < 4.78 is 15.6. The fourth-order valence-corrected chi connectivity index (χ4v) is 5.53. The Morgan fingerprint density at radius 3 is 2.61 bits per heavy atom. The average Bonchev–Trinajstić information content (AvgIpc) is 3.40. The Hall–Kier alpha value is -3.15. The maximum Gasteiger partial charge on any atom is 0.229 e. The molecule has 0 bridgehead atoms. The fourth-order valence-electron chi connectivity index (χ4n) is 4.78. The maximum atomic E-state index is 6.01. The molecule has 0 unspecified atom stereocenters. The summed E-state index contributed by atoms with van der Waals surface area (Å²) in [7, 11) is 0.803. The molecule has 4 aromatic rings. The number of fused-ring (bicyclic) bond motifs is 1. The zero-order valence-electron chi connectivity index (χ0n) is 23.5. The van der Waals surface area contributed by atoms with Crippen molar-refractivity contribution < 1.29 is 9.47 Å². The van der Waals surface area contributed by atoms with Gasteiger partial charge in [0.2, 0.25) is 5.95 Å². The van der Waals surface area contributed by atoms with Crippen LogP contribution in [0.5, 0.6) is 0 Å². The van der Waals surface area contributed by atoms with Gasteiger partial charge in [-0.1, -0.05) is 19.6 Å². The van der Waals surface area contributed by atoms with E-state index in [9.17, 15) is 0 Å². The van der Waals surface area contributed by atoms with Gasteiger partial charge in [0.05, 0.1) is 30.5 Å². The Kier molecular flexibility index (Phi) is 7.34. The number of rotatable bonds is 8. The van der Waals surface area contributed by atoms with Crippen LogP contribution in [-0.4, -0.2) is 74.8 Å². The van der Waals surface area contributed by atoms with Crippen molar-refractivity contribution in [2.75, 3.05) is 31.3 Å². The van der Waals surface area contributed by atoms with Gasteiger partial charge in [0.25, 0.3) is 0 Å². The van der Waals surface area contributed by atoms with E-state index in [1.54, 1.807) is 0 Å². The van der Waals surface area contributed by atoms with Gasteiger partial charge < -0.3 is 18.9 Å². The van der Waals surface area contributed by atoms with Crippen LogP contribution < -0.4 is 4.90 Å². The normalized spacial score (nSPS) is 16.5. The molecule has 0 N–H and O–H groups in total. The van der Waals surface area contributed by atoms with Crippen LogP contribution in [0.25, 0.3) is 33.8 Å². The minimum Gasteiger partial charge on any atom is -0.377 e. The minimum atomic E-state index is -1.14. The molecule has 1 aliphatic heterocycles. The number of nitrogens with zero attached hydrogens (tertiary/aromatic N) is 8. The summed E-state index contributed by atoms with van der Waals surface area (Å²) in [6.07, 6.45) is 3.84. The number of ether oxygens (including phenoxy) is 2. The summed E-state index contributed by atoms with van der Waals surface area (Å²) in [6, 6.07) is 5.34. The molecule has 1 fully saturated rings. The van der Waals surface area contributed by atoms with Crippen LogP contribution in [0.3, 0.4) is 0 Å². The first-order valence-corrected chi connectivity index (χ1v) is 17.0. The highest BCUT2D eigenvalue weighted by atomic mass is 28.3. The number of hydrogen-bond donors (Lipinski definition) is 0. The maximum absolute atomic E-state index is 6.01. The van der Waals surface area contributed by atoms with Crippen LogP contribution in [0.4, 0.5) is 5.95 Å². The van der Waals surface area contributed by atoms with Crippen LogP contribution >= 0.6 is 0 Å². The molecule has 0 aromatic carbocycles. The Morgan fingerprint density at radius 2 is 1.89 bits per heavy atom. The van der Waals surface area contributed by atoms with E-state index in [0.717, 1.165) is 52.7 Å². The average molecular weight is 535 g/mol. The molecule has 1 atom stereocenters. The molecule has 5 rings (SSSR count). The van der Waals surface area contributed by atoms with Gasteiger partial charge in [0.1, 0.15) is 12.4 Å². The smallest absolute Gasteiger partial charge is 0.229 e. The molecule has 4 aromatic heterocycles. The molecule has 1 saturated heterocycles. The van der Waals surface area contributed by atoms with Crippen molar-refractivity contribution in [2.24, 2.45) is 7.05 Å². The van der Waals surface area contributed by atoms with Crippen LogP contribution in [-0.2, 0) is 23.3 Å². The zero-order valence-corrected chi connectivity index (χ0v) is 24.5. The van der Waals surface area contributed by atoms with Crippen molar-refractivity contribution in [2.45, 2.75) is 59.2 Å². The van der Waals surface area contributed by atoms with Crippen LogP contribution in [0, 0.1) is 13.8 Å². The molecule has 0 radical (unpaired) electrons. The number of hydrogen-bond acceptors (Lipinski definition) is 8. The third-order valence-corrected chi connectivity index (χ3v) is 8.81. The van der Waals surface area contributed by atoms with Gasteiger partial charge in [-0.05, 0) is 38.9 Å². The molecule has 0 saturated carbocycles. The lowest BCUT2D eigenvalue weighted by atomic mass is 10.1. The van der Waals surface area contributed by atoms with Gasteiger partial charge in [-0.3, -0.25) is 4.68 Å². The summed E-state index contributed by atoms with van der Waals surface area (Å²) in [4.78, 5) is 21.8. The molecule has 0 spiro atoms. The van der Waals surface area contributed by atoms with Crippen molar-refractivity contribution >= 4 is 25.1 Å². The Labute approximate surface area is 225 Å². The molecule has 202 valence electrons. The van der Waals surface area contributed by atoms with E-state index in [1.807, 2.05) is 48.6 Å². The van der Waals surface area contributed by atoms with Gasteiger partial charge >= 0.3 is 0 Å². The lowest BCUT2D eigenvalue weighted by molar-refractivity contribution is 0.0899. The topological polar surface area (TPSA) is 96.0 Å². The van der Waals surface area contributed by atoms with Gasteiger partial charge in [0.15, 0.2) is 11.6 Å². The van der Waals surface area contributed by atoms with Crippen molar-refractivity contribution in [3.05, 3.63) is 35.9 Å². The molecule has 10 nitrogen and oxygen atoms in total. The quantitative estimate of drug-likeness (QED) is 0.242. The minimum absolute atomic E-state index is 0.162. The number of pyridine rings is 1. The van der Waals surface area contributed by atoms with Crippen molar-refractivity contribution in [1.82, 2.24) is 34.3 Å². The number of morpholine rings is 1. The predicted octanol–water partition coefficient (Wildman–Crippen LogP) is 4.44. The lowest BCUT2D eigenvalue weighted by Gasteiger charge is -2.33. The zero-order chi connectivity index (χ0) is 27.0. The first-order valence-electron chi connectivity index (χ1n) is 13.3. The molecule has 5 heterocycles. The molecule has 0 amide bonds. The van der Waals surface area contributed by atoms with E-state index >= 15 is 0 Å². The van der Waals surface area contributed by atoms with Gasteiger partial charge in [-0.25, -0.2) is 9.97 Å². The Bertz CT molecular complexity index is 1440. The monoisotopic (exact) mass is 534 g/mol. The van der Waals surface area contributed by atoms with E-state index in [0.29, 0.717) is 37.5 Å². The van der Waals surface area contributed by atoms with E-state index < -0.39 is 8.07 Å². The van der Waals surface area contributed by atoms with Crippen molar-refractivity contribution in [1.29, 1.82) is 0 Å². The second kappa shape index (κ2) is 10.5. The predicted molar refractivity (Wildman–Crippen MR) is 152 cm³/mol. The van der Waals surface area contributed by atoms with Crippen LogP contribution in [0.15, 0.2) is 24.5 Å². The summed E-state index contributed by atoms with van der Waals surface area (Å²) >= 11 is 0. The molecule has 1 aliphatic rings.